The first kappa shape index (κ1) is 13.3. The smallest absolute Gasteiger partial charge is 0.289 e. The summed E-state index contributed by atoms with van der Waals surface area (Å²) in [5.41, 5.74) is 0.848. The molecule has 7 heteroatoms. The molecule has 0 atom stereocenters. The van der Waals surface area contributed by atoms with Gasteiger partial charge in [0.25, 0.3) is 5.91 Å². The van der Waals surface area contributed by atoms with Crippen molar-refractivity contribution in [1.29, 1.82) is 0 Å². The molecular weight excluding hydrogens is 266 g/mol. The van der Waals surface area contributed by atoms with Crippen LogP contribution in [0.25, 0.3) is 0 Å². The van der Waals surface area contributed by atoms with Crippen LogP contribution in [0.2, 0.25) is 0 Å². The minimum Gasteiger partial charge on any atom is -0.459 e. The van der Waals surface area contributed by atoms with Crippen molar-refractivity contribution in [2.75, 3.05) is 18.9 Å². The van der Waals surface area contributed by atoms with Crippen molar-refractivity contribution in [3.8, 4) is 0 Å². The van der Waals surface area contributed by atoms with E-state index < -0.39 is 0 Å². The number of thiazole rings is 1. The number of aromatic nitrogens is 1. The molecule has 100 valence electrons. The molecule has 2 aromatic rings. The molecule has 0 aliphatic rings. The fourth-order valence-electron chi connectivity index (χ4n) is 1.45. The number of aryl methyl sites for hydroxylation is 1. The molecule has 2 heterocycles. The zero-order valence-electron chi connectivity index (χ0n) is 10.5. The van der Waals surface area contributed by atoms with Crippen molar-refractivity contribution >= 4 is 28.3 Å². The summed E-state index contributed by atoms with van der Waals surface area (Å²) >= 11 is 1.35. The molecule has 0 aliphatic heterocycles. The highest BCUT2D eigenvalue weighted by Gasteiger charge is 2.17. The molecule has 0 aromatic carbocycles. The van der Waals surface area contributed by atoms with E-state index in [0.717, 1.165) is 5.69 Å². The summed E-state index contributed by atoms with van der Waals surface area (Å²) in [6.45, 7) is 1.79. The summed E-state index contributed by atoms with van der Waals surface area (Å²) < 4.78 is 4.99. The normalized spacial score (nSPS) is 10.2. The van der Waals surface area contributed by atoms with Crippen LogP contribution < -0.4 is 5.32 Å². The van der Waals surface area contributed by atoms with Crippen LogP contribution in [0.3, 0.4) is 0 Å². The first-order valence-corrected chi connectivity index (χ1v) is 6.45. The fourth-order valence-corrected chi connectivity index (χ4v) is 2.15. The Morgan fingerprint density at radius 2 is 2.32 bits per heavy atom. The Hall–Kier alpha value is -2.15. The number of likely N-dealkylation sites (N-methyl/N-ethyl adjacent to an activating group) is 1. The number of hydrogen-bond donors (Lipinski definition) is 1. The van der Waals surface area contributed by atoms with Gasteiger partial charge in [-0.1, -0.05) is 0 Å². The standard InChI is InChI=1S/C12H13N3O3S/c1-8-7-19-12(13-8)14-10(16)6-15(2)11(17)9-4-3-5-18-9/h3-5,7H,6H2,1-2H3,(H,13,14,16). The molecular formula is C12H13N3O3S. The van der Waals surface area contributed by atoms with Gasteiger partial charge in [-0.05, 0) is 19.1 Å². The van der Waals surface area contributed by atoms with Gasteiger partial charge in [0.15, 0.2) is 10.9 Å². The minimum absolute atomic E-state index is 0.0574. The number of carbonyl (C=O) groups is 2. The summed E-state index contributed by atoms with van der Waals surface area (Å²) in [4.78, 5) is 29.0. The number of anilines is 1. The third-order valence-corrected chi connectivity index (χ3v) is 3.20. The highest BCUT2D eigenvalue weighted by Crippen LogP contribution is 2.14. The van der Waals surface area contributed by atoms with Gasteiger partial charge in [0.05, 0.1) is 12.0 Å². The Balaban J connectivity index is 1.90. The number of nitrogens with one attached hydrogen (secondary N) is 1. The second-order valence-electron chi connectivity index (χ2n) is 3.98. The third-order valence-electron chi connectivity index (χ3n) is 2.32. The highest BCUT2D eigenvalue weighted by molar-refractivity contribution is 7.13. The zero-order chi connectivity index (χ0) is 13.8. The van der Waals surface area contributed by atoms with E-state index in [4.69, 9.17) is 4.42 Å². The molecule has 0 saturated heterocycles. The summed E-state index contributed by atoms with van der Waals surface area (Å²) in [7, 11) is 1.54. The van der Waals surface area contributed by atoms with Crippen LogP contribution in [0, 0.1) is 6.92 Å². The van der Waals surface area contributed by atoms with Crippen molar-refractivity contribution in [2.45, 2.75) is 6.92 Å². The molecule has 0 radical (unpaired) electrons. The predicted molar refractivity (Wildman–Crippen MR) is 71.1 cm³/mol. The van der Waals surface area contributed by atoms with E-state index in [2.05, 4.69) is 10.3 Å². The lowest BCUT2D eigenvalue weighted by molar-refractivity contribution is -0.116. The number of furan rings is 1. The van der Waals surface area contributed by atoms with Gasteiger partial charge in [-0.2, -0.15) is 0 Å². The van der Waals surface area contributed by atoms with E-state index in [1.54, 1.807) is 12.1 Å². The van der Waals surface area contributed by atoms with Crippen LogP contribution in [-0.2, 0) is 4.79 Å². The lowest BCUT2D eigenvalue weighted by Crippen LogP contribution is -2.34. The second-order valence-corrected chi connectivity index (χ2v) is 4.84. The summed E-state index contributed by atoms with van der Waals surface area (Å²) in [6.07, 6.45) is 1.42. The van der Waals surface area contributed by atoms with Gasteiger partial charge in [0, 0.05) is 12.4 Å². The summed E-state index contributed by atoms with van der Waals surface area (Å²) in [5, 5.41) is 5.01. The van der Waals surface area contributed by atoms with Crippen LogP contribution in [-0.4, -0.2) is 35.3 Å². The maximum Gasteiger partial charge on any atom is 0.289 e. The number of rotatable bonds is 4. The third kappa shape index (κ3) is 3.41. The van der Waals surface area contributed by atoms with Crippen LogP contribution in [0.15, 0.2) is 28.2 Å². The van der Waals surface area contributed by atoms with E-state index in [-0.39, 0.29) is 24.1 Å². The van der Waals surface area contributed by atoms with Crippen molar-refractivity contribution in [1.82, 2.24) is 9.88 Å². The Morgan fingerprint density at radius 1 is 1.53 bits per heavy atom. The van der Waals surface area contributed by atoms with Crippen molar-refractivity contribution in [3.05, 3.63) is 35.2 Å². The number of nitrogens with zero attached hydrogens (tertiary/aromatic N) is 2. The molecule has 1 N–H and O–H groups in total. The van der Waals surface area contributed by atoms with Gasteiger partial charge < -0.3 is 14.6 Å². The second kappa shape index (κ2) is 5.66. The average molecular weight is 279 g/mol. The fraction of sp³-hybridized carbons (Fsp3) is 0.250. The highest BCUT2D eigenvalue weighted by atomic mass is 32.1. The van der Waals surface area contributed by atoms with Crippen LogP contribution in [0.4, 0.5) is 5.13 Å². The van der Waals surface area contributed by atoms with Crippen LogP contribution in [0.1, 0.15) is 16.2 Å². The number of amides is 2. The molecule has 0 aliphatic carbocycles. The van der Waals surface area contributed by atoms with Crippen molar-refractivity contribution in [2.24, 2.45) is 0 Å². The topological polar surface area (TPSA) is 75.4 Å². The number of carbonyl (C=O) groups excluding carboxylic acids is 2. The molecule has 6 nitrogen and oxygen atoms in total. The molecule has 0 unspecified atom stereocenters. The zero-order valence-corrected chi connectivity index (χ0v) is 11.4. The molecule has 0 fully saturated rings. The Bertz CT molecular complexity index is 577. The SMILES string of the molecule is Cc1csc(NC(=O)CN(C)C(=O)c2ccco2)n1. The van der Waals surface area contributed by atoms with E-state index in [9.17, 15) is 9.59 Å². The van der Waals surface area contributed by atoms with Gasteiger partial charge in [-0.15, -0.1) is 11.3 Å². The van der Waals surface area contributed by atoms with E-state index >= 15 is 0 Å². The minimum atomic E-state index is -0.338. The van der Waals surface area contributed by atoms with Gasteiger partial charge in [0.2, 0.25) is 5.91 Å². The monoisotopic (exact) mass is 279 g/mol. The predicted octanol–water partition coefficient (Wildman–Crippen LogP) is 1.76. The van der Waals surface area contributed by atoms with Gasteiger partial charge >= 0.3 is 0 Å². The van der Waals surface area contributed by atoms with Gasteiger partial charge in [-0.25, -0.2) is 4.98 Å². The first-order chi connectivity index (χ1) is 9.06. The molecule has 2 rings (SSSR count). The van der Waals surface area contributed by atoms with Gasteiger partial charge in [-0.3, -0.25) is 9.59 Å². The average Bonchev–Trinajstić information content (AvgIpc) is 2.99. The Morgan fingerprint density at radius 3 is 2.89 bits per heavy atom. The lowest BCUT2D eigenvalue weighted by Gasteiger charge is -2.14. The largest absolute Gasteiger partial charge is 0.459 e. The molecule has 0 saturated carbocycles. The van der Waals surface area contributed by atoms with E-state index in [0.29, 0.717) is 5.13 Å². The Kier molecular flexibility index (Phi) is 3.96. The molecule has 19 heavy (non-hydrogen) atoms. The van der Waals surface area contributed by atoms with Crippen molar-refractivity contribution < 1.29 is 14.0 Å². The van der Waals surface area contributed by atoms with Gasteiger partial charge in [0.1, 0.15) is 6.54 Å². The maximum absolute atomic E-state index is 11.8. The molecule has 2 amide bonds. The first-order valence-electron chi connectivity index (χ1n) is 5.57. The van der Waals surface area contributed by atoms with Crippen molar-refractivity contribution in [3.63, 3.8) is 0 Å². The maximum atomic E-state index is 11.8. The summed E-state index contributed by atoms with van der Waals surface area (Å²) in [5.74, 6) is -0.424. The lowest BCUT2D eigenvalue weighted by atomic mass is 10.4. The summed E-state index contributed by atoms with van der Waals surface area (Å²) in [6, 6.07) is 3.18. The molecule has 0 spiro atoms. The van der Waals surface area contributed by atoms with Crippen LogP contribution in [0.5, 0.6) is 0 Å². The quantitative estimate of drug-likeness (QED) is 0.925. The van der Waals surface area contributed by atoms with Crippen LogP contribution >= 0.6 is 11.3 Å². The molecule has 0 bridgehead atoms. The Labute approximate surface area is 114 Å². The number of hydrogen-bond acceptors (Lipinski definition) is 5. The van der Waals surface area contributed by atoms with E-state index in [1.165, 1.54) is 29.5 Å². The van der Waals surface area contributed by atoms with E-state index in [1.807, 2.05) is 12.3 Å². The molecule has 2 aromatic heterocycles.